The van der Waals surface area contributed by atoms with Gasteiger partial charge in [-0.1, -0.05) is 45.2 Å². The third kappa shape index (κ3) is 3.31. The summed E-state index contributed by atoms with van der Waals surface area (Å²) >= 11 is 15.6. The molecule has 0 aliphatic rings. The van der Waals surface area contributed by atoms with Gasteiger partial charge in [-0.3, -0.25) is 0 Å². The number of hydrogen-bond acceptors (Lipinski definition) is 2. The second kappa shape index (κ2) is 5.85. The van der Waals surface area contributed by atoms with Crippen molar-refractivity contribution in [3.05, 3.63) is 54.1 Å². The lowest BCUT2D eigenvalue weighted by atomic mass is 9.98. The van der Waals surface area contributed by atoms with Gasteiger partial charge in [0, 0.05) is 10.0 Å². The zero-order chi connectivity index (χ0) is 15.1. The number of rotatable bonds is 2. The van der Waals surface area contributed by atoms with Crippen LogP contribution in [0.1, 0.15) is 22.8 Å². The lowest BCUT2D eigenvalue weighted by Gasteiger charge is -2.17. The molecule has 1 N–H and O–H groups in total. The minimum Gasteiger partial charge on any atom is -0.384 e. The maximum Gasteiger partial charge on any atom is 0.416 e. The van der Waals surface area contributed by atoms with Crippen LogP contribution in [0.5, 0.6) is 0 Å². The van der Waals surface area contributed by atoms with E-state index in [2.05, 4.69) is 15.9 Å². The highest BCUT2D eigenvalue weighted by molar-refractivity contribution is 9.10. The molecule has 1 aromatic carbocycles. The van der Waals surface area contributed by atoms with Crippen LogP contribution in [0.15, 0.2) is 28.7 Å². The number of hydrogen-bond donors (Lipinski definition) is 1. The van der Waals surface area contributed by atoms with E-state index in [4.69, 9.17) is 23.2 Å². The van der Waals surface area contributed by atoms with Gasteiger partial charge in [0.15, 0.2) is 0 Å². The average Bonchev–Trinajstić information content (AvgIpc) is 2.66. The number of aliphatic hydroxyl groups excluding tert-OH is 1. The molecule has 2 aromatic rings. The largest absolute Gasteiger partial charge is 0.416 e. The highest BCUT2D eigenvalue weighted by Crippen LogP contribution is 2.42. The first-order valence-corrected chi connectivity index (χ1v) is 7.56. The SMILES string of the molecule is OC(c1ccc(Br)cc1C(F)(F)F)c1cc(Cl)sc1Cl. The average molecular weight is 406 g/mol. The normalized spacial score (nSPS) is 13.6. The van der Waals surface area contributed by atoms with Gasteiger partial charge in [-0.25, -0.2) is 0 Å². The molecule has 0 aliphatic carbocycles. The predicted octanol–water partition coefficient (Wildman–Crippen LogP) is 5.92. The van der Waals surface area contributed by atoms with Crippen LogP contribution in [0.3, 0.4) is 0 Å². The lowest BCUT2D eigenvalue weighted by Crippen LogP contribution is -2.12. The quantitative estimate of drug-likeness (QED) is 0.657. The fourth-order valence-electron chi connectivity index (χ4n) is 1.72. The van der Waals surface area contributed by atoms with Crippen LogP contribution in [-0.2, 0) is 6.18 Å². The van der Waals surface area contributed by atoms with Crippen molar-refractivity contribution in [3.8, 4) is 0 Å². The van der Waals surface area contributed by atoms with Crippen LogP contribution < -0.4 is 0 Å². The van der Waals surface area contributed by atoms with E-state index in [1.165, 1.54) is 18.2 Å². The third-order valence-corrected chi connectivity index (χ3v) is 4.60. The van der Waals surface area contributed by atoms with Crippen molar-refractivity contribution >= 4 is 50.5 Å². The first-order chi connectivity index (χ1) is 9.20. The van der Waals surface area contributed by atoms with Crippen LogP contribution in [0, 0.1) is 0 Å². The summed E-state index contributed by atoms with van der Waals surface area (Å²) in [5.41, 5.74) is -1.02. The van der Waals surface area contributed by atoms with Gasteiger partial charge in [0.2, 0.25) is 0 Å². The molecule has 1 aromatic heterocycles. The van der Waals surface area contributed by atoms with Crippen LogP contribution in [-0.4, -0.2) is 5.11 Å². The van der Waals surface area contributed by atoms with E-state index in [0.717, 1.165) is 17.4 Å². The Morgan fingerprint density at radius 2 is 1.80 bits per heavy atom. The molecule has 1 heterocycles. The highest BCUT2D eigenvalue weighted by atomic mass is 79.9. The molecule has 0 aliphatic heterocycles. The molecule has 1 nitrogen and oxygen atoms in total. The topological polar surface area (TPSA) is 20.2 Å². The molecule has 0 spiro atoms. The van der Waals surface area contributed by atoms with Crippen molar-refractivity contribution in [2.75, 3.05) is 0 Å². The van der Waals surface area contributed by atoms with Crippen LogP contribution in [0.2, 0.25) is 8.67 Å². The minimum atomic E-state index is -4.58. The fraction of sp³-hybridized carbons (Fsp3) is 0.167. The fourth-order valence-corrected chi connectivity index (χ4v) is 3.60. The number of halogens is 6. The maximum absolute atomic E-state index is 13.0. The summed E-state index contributed by atoms with van der Waals surface area (Å²) in [6.07, 6.45) is -6.07. The van der Waals surface area contributed by atoms with Gasteiger partial charge >= 0.3 is 6.18 Å². The Kier molecular flexibility index (Phi) is 4.71. The summed E-state index contributed by atoms with van der Waals surface area (Å²) in [5.74, 6) is 0. The van der Waals surface area contributed by atoms with Crippen molar-refractivity contribution in [1.29, 1.82) is 0 Å². The molecule has 8 heteroatoms. The molecule has 1 atom stereocenters. The number of aliphatic hydroxyl groups is 1. The van der Waals surface area contributed by atoms with E-state index >= 15 is 0 Å². The van der Waals surface area contributed by atoms with Crippen molar-refractivity contribution in [1.82, 2.24) is 0 Å². The molecular formula is C12H6BrCl2F3OS. The Balaban J connectivity index is 2.55. The Bertz CT molecular complexity index is 642. The predicted molar refractivity (Wildman–Crippen MR) is 77.5 cm³/mol. The summed E-state index contributed by atoms with van der Waals surface area (Å²) in [6, 6.07) is 4.91. The van der Waals surface area contributed by atoms with E-state index in [9.17, 15) is 18.3 Å². The smallest absolute Gasteiger partial charge is 0.384 e. The molecule has 0 fully saturated rings. The van der Waals surface area contributed by atoms with E-state index < -0.39 is 17.8 Å². The van der Waals surface area contributed by atoms with Gasteiger partial charge in [-0.2, -0.15) is 13.2 Å². The van der Waals surface area contributed by atoms with Gasteiger partial charge in [-0.05, 0) is 23.8 Å². The Hall–Kier alpha value is -0.270. The van der Waals surface area contributed by atoms with E-state index in [1.807, 2.05) is 0 Å². The molecule has 0 saturated heterocycles. The standard InChI is InChI=1S/C12H6BrCl2F3OS/c13-5-1-2-6(8(3-5)12(16,17)18)10(19)7-4-9(14)20-11(7)15/h1-4,10,19H. The number of benzene rings is 1. The van der Waals surface area contributed by atoms with E-state index in [0.29, 0.717) is 4.34 Å². The number of alkyl halides is 3. The molecule has 20 heavy (non-hydrogen) atoms. The van der Waals surface area contributed by atoms with Gasteiger partial charge in [0.05, 0.1) is 9.90 Å². The van der Waals surface area contributed by atoms with Crippen molar-refractivity contribution < 1.29 is 18.3 Å². The van der Waals surface area contributed by atoms with Gasteiger partial charge < -0.3 is 5.11 Å². The van der Waals surface area contributed by atoms with Gasteiger partial charge in [-0.15, -0.1) is 11.3 Å². The second-order valence-corrected chi connectivity index (χ2v) is 7.11. The first kappa shape index (κ1) is 16.1. The first-order valence-electron chi connectivity index (χ1n) is 5.19. The maximum atomic E-state index is 13.0. The third-order valence-electron chi connectivity index (χ3n) is 2.59. The summed E-state index contributed by atoms with van der Waals surface area (Å²) < 4.78 is 39.8. The summed E-state index contributed by atoms with van der Waals surface area (Å²) in [7, 11) is 0. The Labute approximate surface area is 135 Å². The van der Waals surface area contributed by atoms with Gasteiger partial charge in [0.25, 0.3) is 0 Å². The summed E-state index contributed by atoms with van der Waals surface area (Å²) in [4.78, 5) is 0. The van der Waals surface area contributed by atoms with Gasteiger partial charge in [0.1, 0.15) is 10.4 Å². The molecule has 0 amide bonds. The second-order valence-electron chi connectivity index (χ2n) is 3.91. The van der Waals surface area contributed by atoms with Crippen LogP contribution in [0.25, 0.3) is 0 Å². The molecule has 1 unspecified atom stereocenters. The van der Waals surface area contributed by atoms with E-state index in [-0.39, 0.29) is 19.9 Å². The molecule has 2 rings (SSSR count). The molecule has 0 bridgehead atoms. The summed E-state index contributed by atoms with van der Waals surface area (Å²) in [5, 5.41) is 10.2. The minimum absolute atomic E-state index is 0.162. The number of thiophene rings is 1. The van der Waals surface area contributed by atoms with Crippen LogP contribution >= 0.6 is 50.5 Å². The van der Waals surface area contributed by atoms with E-state index in [1.54, 1.807) is 0 Å². The Morgan fingerprint density at radius 3 is 2.30 bits per heavy atom. The lowest BCUT2D eigenvalue weighted by molar-refractivity contribution is -0.139. The van der Waals surface area contributed by atoms with Crippen molar-refractivity contribution in [2.24, 2.45) is 0 Å². The molecule has 0 radical (unpaired) electrons. The zero-order valence-electron chi connectivity index (χ0n) is 9.51. The monoisotopic (exact) mass is 404 g/mol. The molecule has 0 saturated carbocycles. The zero-order valence-corrected chi connectivity index (χ0v) is 13.4. The van der Waals surface area contributed by atoms with Crippen molar-refractivity contribution in [3.63, 3.8) is 0 Å². The van der Waals surface area contributed by atoms with Crippen molar-refractivity contribution in [2.45, 2.75) is 12.3 Å². The molecule has 108 valence electrons. The summed E-state index contributed by atoms with van der Waals surface area (Å²) in [6.45, 7) is 0. The highest BCUT2D eigenvalue weighted by Gasteiger charge is 2.36. The van der Waals surface area contributed by atoms with Crippen LogP contribution in [0.4, 0.5) is 13.2 Å². The Morgan fingerprint density at radius 1 is 1.15 bits per heavy atom. The molecular weight excluding hydrogens is 400 g/mol.